The van der Waals surface area contributed by atoms with Crippen LogP contribution in [0.1, 0.15) is 17.9 Å². The van der Waals surface area contributed by atoms with Gasteiger partial charge in [0.25, 0.3) is 0 Å². The Morgan fingerprint density at radius 1 is 1.29 bits per heavy atom. The number of aliphatic carboxylic acids is 1. The first-order chi connectivity index (χ1) is 11.5. The molecule has 130 valence electrons. The van der Waals surface area contributed by atoms with Crippen LogP contribution < -0.4 is 9.47 Å². The minimum atomic E-state index is -1.03. The lowest BCUT2D eigenvalue weighted by Gasteiger charge is -2.31. The molecular weight excluding hydrogens is 314 g/mol. The molecule has 0 aromatic heterocycles. The maximum Gasteiger partial charge on any atom is 0.334 e. The molecule has 3 unspecified atom stereocenters. The lowest BCUT2D eigenvalue weighted by atomic mass is 10.1. The van der Waals surface area contributed by atoms with Crippen molar-refractivity contribution in [3.63, 3.8) is 0 Å². The Morgan fingerprint density at radius 2 is 2.08 bits per heavy atom. The number of hydrogen-bond donors (Lipinski definition) is 1. The summed E-state index contributed by atoms with van der Waals surface area (Å²) in [5.74, 6) is 0.351. The summed E-state index contributed by atoms with van der Waals surface area (Å²) >= 11 is 0. The van der Waals surface area contributed by atoms with Gasteiger partial charge in [-0.15, -0.1) is 0 Å². The number of nitrogens with zero attached hydrogens (tertiary/aromatic N) is 1. The second-order valence-corrected chi connectivity index (χ2v) is 6.04. The summed E-state index contributed by atoms with van der Waals surface area (Å²) in [6, 6.07) is 5.56. The van der Waals surface area contributed by atoms with Crippen molar-refractivity contribution in [2.45, 2.75) is 18.4 Å². The molecule has 1 aromatic carbocycles. The van der Waals surface area contributed by atoms with Crippen LogP contribution in [0.4, 0.5) is 0 Å². The molecule has 3 rings (SSSR count). The van der Waals surface area contributed by atoms with E-state index in [1.54, 1.807) is 19.1 Å². The van der Waals surface area contributed by atoms with Crippen LogP contribution in [-0.2, 0) is 14.3 Å². The van der Waals surface area contributed by atoms with Gasteiger partial charge in [0.05, 0.1) is 27.4 Å². The summed E-state index contributed by atoms with van der Waals surface area (Å²) in [6.45, 7) is 0.788. The summed E-state index contributed by atoms with van der Waals surface area (Å²) in [4.78, 5) is 25.3. The lowest BCUT2D eigenvalue weighted by molar-refractivity contribution is -0.159. The van der Waals surface area contributed by atoms with E-state index < -0.39 is 12.1 Å². The second kappa shape index (κ2) is 6.68. The largest absolute Gasteiger partial charge is 0.497 e. The number of hydrogen-bond acceptors (Lipinski definition) is 5. The van der Waals surface area contributed by atoms with Gasteiger partial charge in [0.15, 0.2) is 6.10 Å². The number of carbonyl (C=O) groups is 2. The van der Waals surface area contributed by atoms with Crippen LogP contribution in [0.25, 0.3) is 0 Å². The predicted octanol–water partition coefficient (Wildman–Crippen LogP) is 1.12. The standard InChI is InChI=1S/C17H21NO6/c1-22-10-3-4-14(23-2)12(7-10)11-8-13(11)16(19)18-5-6-24-15(9-18)17(20)21/h3-4,7,11,13,15H,5-6,8-9H2,1-2H3,(H,20,21). The van der Waals surface area contributed by atoms with Crippen molar-refractivity contribution in [3.8, 4) is 11.5 Å². The topological polar surface area (TPSA) is 85.3 Å². The van der Waals surface area contributed by atoms with Gasteiger partial charge in [-0.05, 0) is 24.6 Å². The van der Waals surface area contributed by atoms with Crippen molar-refractivity contribution in [1.82, 2.24) is 4.90 Å². The molecule has 1 amide bonds. The van der Waals surface area contributed by atoms with Crippen LogP contribution in [0.15, 0.2) is 18.2 Å². The molecule has 2 aliphatic rings. The van der Waals surface area contributed by atoms with Crippen molar-refractivity contribution >= 4 is 11.9 Å². The third kappa shape index (κ3) is 3.17. The van der Waals surface area contributed by atoms with E-state index in [1.807, 2.05) is 18.2 Å². The normalized spacial score (nSPS) is 25.9. The van der Waals surface area contributed by atoms with E-state index in [-0.39, 0.29) is 30.9 Å². The molecular formula is C17H21NO6. The van der Waals surface area contributed by atoms with Gasteiger partial charge in [-0.3, -0.25) is 4.79 Å². The zero-order chi connectivity index (χ0) is 17.3. The monoisotopic (exact) mass is 335 g/mol. The second-order valence-electron chi connectivity index (χ2n) is 6.04. The Kier molecular flexibility index (Phi) is 4.62. The first kappa shape index (κ1) is 16.6. The minimum Gasteiger partial charge on any atom is -0.497 e. The van der Waals surface area contributed by atoms with Crippen LogP contribution >= 0.6 is 0 Å². The summed E-state index contributed by atoms with van der Waals surface area (Å²) in [7, 11) is 3.20. The maximum absolute atomic E-state index is 12.7. The quantitative estimate of drug-likeness (QED) is 0.868. The third-order valence-corrected chi connectivity index (χ3v) is 4.60. The molecule has 1 saturated heterocycles. The molecule has 0 radical (unpaired) electrons. The summed E-state index contributed by atoms with van der Waals surface area (Å²) in [5, 5.41) is 9.05. The van der Waals surface area contributed by atoms with Crippen LogP contribution in [0.3, 0.4) is 0 Å². The third-order valence-electron chi connectivity index (χ3n) is 4.60. The fraction of sp³-hybridized carbons (Fsp3) is 0.529. The van der Waals surface area contributed by atoms with Gasteiger partial charge in [-0.1, -0.05) is 0 Å². The van der Waals surface area contributed by atoms with Crippen LogP contribution in [0, 0.1) is 5.92 Å². The molecule has 7 nitrogen and oxygen atoms in total. The lowest BCUT2D eigenvalue weighted by Crippen LogP contribution is -2.49. The summed E-state index contributed by atoms with van der Waals surface area (Å²) in [6.07, 6.45) is -0.205. The first-order valence-corrected chi connectivity index (χ1v) is 7.90. The number of rotatable bonds is 5. The van der Waals surface area contributed by atoms with Gasteiger partial charge >= 0.3 is 5.97 Å². The smallest absolute Gasteiger partial charge is 0.334 e. The number of amides is 1. The van der Waals surface area contributed by atoms with E-state index in [0.717, 1.165) is 23.5 Å². The van der Waals surface area contributed by atoms with E-state index in [4.69, 9.17) is 19.3 Å². The fourth-order valence-corrected chi connectivity index (χ4v) is 3.17. The average molecular weight is 335 g/mol. The minimum absolute atomic E-state index is 0.0144. The number of carboxylic acid groups (broad SMARTS) is 1. The molecule has 2 fully saturated rings. The Labute approximate surface area is 140 Å². The molecule has 1 aliphatic carbocycles. The molecule has 3 atom stereocenters. The number of ether oxygens (including phenoxy) is 3. The first-order valence-electron chi connectivity index (χ1n) is 7.90. The van der Waals surface area contributed by atoms with Crippen LogP contribution in [0.2, 0.25) is 0 Å². The van der Waals surface area contributed by atoms with Gasteiger partial charge in [0, 0.05) is 23.9 Å². The molecule has 24 heavy (non-hydrogen) atoms. The van der Waals surface area contributed by atoms with Gasteiger partial charge in [-0.25, -0.2) is 4.79 Å². The van der Waals surface area contributed by atoms with E-state index in [0.29, 0.717) is 6.54 Å². The van der Waals surface area contributed by atoms with Gasteiger partial charge in [0.1, 0.15) is 11.5 Å². The average Bonchev–Trinajstić information content (AvgIpc) is 3.41. The molecule has 1 saturated carbocycles. The van der Waals surface area contributed by atoms with Crippen molar-refractivity contribution in [1.29, 1.82) is 0 Å². The molecule has 1 aromatic rings. The Morgan fingerprint density at radius 3 is 2.75 bits per heavy atom. The van der Waals surface area contributed by atoms with Crippen molar-refractivity contribution in [2.75, 3.05) is 33.9 Å². The van der Waals surface area contributed by atoms with E-state index in [9.17, 15) is 9.59 Å². The van der Waals surface area contributed by atoms with Crippen molar-refractivity contribution < 1.29 is 28.9 Å². The molecule has 0 spiro atoms. The van der Waals surface area contributed by atoms with Gasteiger partial charge in [-0.2, -0.15) is 0 Å². The number of carboxylic acids is 1. The highest BCUT2D eigenvalue weighted by atomic mass is 16.5. The number of morpholine rings is 1. The highest BCUT2D eigenvalue weighted by molar-refractivity contribution is 5.84. The molecule has 1 aliphatic heterocycles. The highest BCUT2D eigenvalue weighted by Gasteiger charge is 2.48. The van der Waals surface area contributed by atoms with Crippen molar-refractivity contribution in [3.05, 3.63) is 23.8 Å². The maximum atomic E-state index is 12.7. The zero-order valence-corrected chi connectivity index (χ0v) is 13.7. The Balaban J connectivity index is 1.70. The van der Waals surface area contributed by atoms with Crippen LogP contribution in [0.5, 0.6) is 11.5 Å². The number of carbonyl (C=O) groups excluding carboxylic acids is 1. The van der Waals surface area contributed by atoms with E-state index in [2.05, 4.69) is 0 Å². The highest BCUT2D eigenvalue weighted by Crippen LogP contribution is 2.52. The summed E-state index contributed by atoms with van der Waals surface area (Å²) < 4.78 is 15.8. The molecule has 7 heteroatoms. The van der Waals surface area contributed by atoms with E-state index >= 15 is 0 Å². The molecule has 1 N–H and O–H groups in total. The van der Waals surface area contributed by atoms with Crippen LogP contribution in [-0.4, -0.2) is 61.9 Å². The van der Waals surface area contributed by atoms with Gasteiger partial charge in [0.2, 0.25) is 5.91 Å². The van der Waals surface area contributed by atoms with E-state index in [1.165, 1.54) is 0 Å². The molecule has 0 bridgehead atoms. The Hall–Kier alpha value is -2.28. The zero-order valence-electron chi connectivity index (χ0n) is 13.7. The summed E-state index contributed by atoms with van der Waals surface area (Å²) in [5.41, 5.74) is 0.957. The predicted molar refractivity (Wildman–Crippen MR) is 84.3 cm³/mol. The molecule has 1 heterocycles. The van der Waals surface area contributed by atoms with Gasteiger partial charge < -0.3 is 24.2 Å². The number of methoxy groups -OCH3 is 2. The SMILES string of the molecule is COc1ccc(OC)c(C2CC2C(=O)N2CCOC(C(=O)O)C2)c1. The van der Waals surface area contributed by atoms with Crippen molar-refractivity contribution in [2.24, 2.45) is 5.92 Å². The Bertz CT molecular complexity index is 646. The number of benzene rings is 1. The fourth-order valence-electron chi connectivity index (χ4n) is 3.17.